The van der Waals surface area contributed by atoms with Gasteiger partial charge in [-0.25, -0.2) is 9.97 Å². The van der Waals surface area contributed by atoms with Gasteiger partial charge in [-0.05, 0) is 75.3 Å². The average molecular weight is 386 g/mol. The number of rotatable bonds is 3. The SMILES string of the molecule is Cc1nccn1-c1cc(C(=O)NC23CC4CC(CC(C4)C2)C3)c2ccccc2n1. The summed E-state index contributed by atoms with van der Waals surface area (Å²) in [6, 6.07) is 9.86. The second-order valence-electron chi connectivity index (χ2n) is 9.54. The maximum atomic E-state index is 13.6. The second kappa shape index (κ2) is 6.15. The van der Waals surface area contributed by atoms with E-state index in [2.05, 4.69) is 10.3 Å². The number of nitrogens with zero attached hydrogens (tertiary/aromatic N) is 3. The number of amides is 1. The van der Waals surface area contributed by atoms with Crippen LogP contribution in [-0.4, -0.2) is 26.0 Å². The number of aromatic nitrogens is 3. The van der Waals surface area contributed by atoms with Crippen molar-refractivity contribution < 1.29 is 4.79 Å². The van der Waals surface area contributed by atoms with Crippen molar-refractivity contribution in [2.24, 2.45) is 17.8 Å². The Bertz CT molecular complexity index is 1080. The molecule has 4 fully saturated rings. The number of carbonyl (C=O) groups excluding carboxylic acids is 1. The van der Waals surface area contributed by atoms with Crippen molar-refractivity contribution in [2.75, 3.05) is 0 Å². The molecule has 4 aliphatic carbocycles. The van der Waals surface area contributed by atoms with Crippen molar-refractivity contribution in [3.8, 4) is 5.82 Å². The summed E-state index contributed by atoms with van der Waals surface area (Å²) < 4.78 is 1.94. The fourth-order valence-corrected chi connectivity index (χ4v) is 6.66. The highest BCUT2D eigenvalue weighted by Crippen LogP contribution is 2.55. The number of imidazole rings is 1. The van der Waals surface area contributed by atoms with E-state index in [0.29, 0.717) is 0 Å². The number of fused-ring (bicyclic) bond motifs is 1. The number of aryl methyl sites for hydroxylation is 1. The van der Waals surface area contributed by atoms with Gasteiger partial charge in [-0.2, -0.15) is 0 Å². The number of para-hydroxylation sites is 1. The molecule has 0 aliphatic heterocycles. The molecule has 0 radical (unpaired) electrons. The van der Waals surface area contributed by atoms with Gasteiger partial charge in [0.25, 0.3) is 5.91 Å². The summed E-state index contributed by atoms with van der Waals surface area (Å²) in [5.74, 6) is 4.07. The van der Waals surface area contributed by atoms with Crippen LogP contribution in [0.15, 0.2) is 42.7 Å². The van der Waals surface area contributed by atoms with Crippen LogP contribution in [0.1, 0.15) is 54.7 Å². The number of hydrogen-bond acceptors (Lipinski definition) is 3. The maximum Gasteiger partial charge on any atom is 0.252 e. The normalized spacial score (nSPS) is 30.0. The van der Waals surface area contributed by atoms with Crippen LogP contribution in [-0.2, 0) is 0 Å². The lowest BCUT2D eigenvalue weighted by atomic mass is 9.53. The van der Waals surface area contributed by atoms with Gasteiger partial charge in [0.15, 0.2) is 0 Å². The molecule has 3 aromatic rings. The molecule has 148 valence electrons. The van der Waals surface area contributed by atoms with Crippen LogP contribution in [0.2, 0.25) is 0 Å². The van der Waals surface area contributed by atoms with E-state index in [1.165, 1.54) is 19.3 Å². The molecule has 1 amide bonds. The molecule has 5 nitrogen and oxygen atoms in total. The first-order valence-corrected chi connectivity index (χ1v) is 10.8. The van der Waals surface area contributed by atoms with E-state index in [-0.39, 0.29) is 11.4 Å². The minimum absolute atomic E-state index is 0.00128. The summed E-state index contributed by atoms with van der Waals surface area (Å²) >= 11 is 0. The Kier molecular flexibility index (Phi) is 3.65. The summed E-state index contributed by atoms with van der Waals surface area (Å²) in [6.45, 7) is 1.95. The van der Waals surface area contributed by atoms with Crippen molar-refractivity contribution in [3.63, 3.8) is 0 Å². The third kappa shape index (κ3) is 2.78. The number of benzene rings is 1. The summed E-state index contributed by atoms with van der Waals surface area (Å²) in [5.41, 5.74) is 1.56. The molecule has 2 heterocycles. The predicted octanol–water partition coefficient (Wildman–Crippen LogP) is 4.43. The van der Waals surface area contributed by atoms with E-state index < -0.39 is 0 Å². The van der Waals surface area contributed by atoms with E-state index in [1.807, 2.05) is 48.0 Å². The molecule has 0 unspecified atom stereocenters. The van der Waals surface area contributed by atoms with Gasteiger partial charge in [-0.1, -0.05) is 18.2 Å². The fraction of sp³-hybridized carbons (Fsp3) is 0.458. The quantitative estimate of drug-likeness (QED) is 0.724. The van der Waals surface area contributed by atoms with Gasteiger partial charge >= 0.3 is 0 Å². The molecule has 4 saturated carbocycles. The van der Waals surface area contributed by atoms with E-state index >= 15 is 0 Å². The smallest absolute Gasteiger partial charge is 0.252 e. The molecule has 7 rings (SSSR count). The van der Waals surface area contributed by atoms with Gasteiger partial charge < -0.3 is 5.32 Å². The Morgan fingerprint density at radius 2 is 1.79 bits per heavy atom. The summed E-state index contributed by atoms with van der Waals surface area (Å²) in [4.78, 5) is 22.7. The van der Waals surface area contributed by atoms with E-state index in [4.69, 9.17) is 4.98 Å². The Balaban J connectivity index is 1.41. The summed E-state index contributed by atoms with van der Waals surface area (Å²) in [5, 5.41) is 4.44. The Morgan fingerprint density at radius 3 is 2.45 bits per heavy atom. The summed E-state index contributed by atoms with van der Waals surface area (Å²) in [6.07, 6.45) is 11.2. The zero-order valence-corrected chi connectivity index (χ0v) is 16.8. The fourth-order valence-electron chi connectivity index (χ4n) is 6.66. The molecule has 1 aromatic carbocycles. The van der Waals surface area contributed by atoms with Crippen LogP contribution >= 0.6 is 0 Å². The maximum absolute atomic E-state index is 13.6. The first-order chi connectivity index (χ1) is 14.1. The number of hydrogen-bond donors (Lipinski definition) is 1. The molecule has 5 heteroatoms. The zero-order chi connectivity index (χ0) is 19.6. The van der Waals surface area contributed by atoms with Crippen molar-refractivity contribution >= 4 is 16.8 Å². The standard InChI is InChI=1S/C24H26N4O/c1-15-25-6-7-28(15)22-11-20(19-4-2-3-5-21(19)26-22)23(29)27-24-12-16-8-17(13-24)10-18(9-16)14-24/h2-7,11,16-18H,8-10,12-14H2,1H3,(H,27,29). The van der Waals surface area contributed by atoms with Gasteiger partial charge in [0, 0.05) is 23.3 Å². The molecule has 2 aromatic heterocycles. The molecule has 4 bridgehead atoms. The van der Waals surface area contributed by atoms with Crippen LogP contribution in [0.3, 0.4) is 0 Å². The Labute approximate surface area is 170 Å². The van der Waals surface area contributed by atoms with Crippen LogP contribution in [0, 0.1) is 24.7 Å². The lowest BCUT2D eigenvalue weighted by Gasteiger charge is -2.56. The number of pyridine rings is 1. The van der Waals surface area contributed by atoms with Crippen molar-refractivity contribution in [3.05, 3.63) is 54.1 Å². The first kappa shape index (κ1) is 17.2. The third-order valence-electron chi connectivity index (χ3n) is 7.44. The minimum Gasteiger partial charge on any atom is -0.347 e. The van der Waals surface area contributed by atoms with Crippen LogP contribution in [0.25, 0.3) is 16.7 Å². The van der Waals surface area contributed by atoms with Gasteiger partial charge in [-0.15, -0.1) is 0 Å². The molecule has 0 spiro atoms. The lowest BCUT2D eigenvalue weighted by molar-refractivity contribution is -0.0166. The van der Waals surface area contributed by atoms with E-state index in [9.17, 15) is 4.79 Å². The molecular formula is C24H26N4O. The Hall–Kier alpha value is -2.69. The molecule has 0 saturated heterocycles. The van der Waals surface area contributed by atoms with Gasteiger partial charge in [0.05, 0.1) is 11.1 Å². The van der Waals surface area contributed by atoms with Crippen molar-refractivity contribution in [1.29, 1.82) is 0 Å². The lowest BCUT2D eigenvalue weighted by Crippen LogP contribution is -2.59. The molecule has 0 atom stereocenters. The summed E-state index contributed by atoms with van der Waals surface area (Å²) in [7, 11) is 0. The highest BCUT2D eigenvalue weighted by atomic mass is 16.1. The van der Waals surface area contributed by atoms with Gasteiger partial charge in [0.2, 0.25) is 0 Å². The van der Waals surface area contributed by atoms with Crippen molar-refractivity contribution in [2.45, 2.75) is 51.0 Å². The third-order valence-corrected chi connectivity index (χ3v) is 7.44. The minimum atomic E-state index is 0.00128. The molecule has 29 heavy (non-hydrogen) atoms. The highest BCUT2D eigenvalue weighted by Gasteiger charge is 2.51. The van der Waals surface area contributed by atoms with Gasteiger partial charge in [0.1, 0.15) is 11.6 Å². The average Bonchev–Trinajstić information content (AvgIpc) is 3.11. The topological polar surface area (TPSA) is 59.8 Å². The zero-order valence-electron chi connectivity index (χ0n) is 16.8. The van der Waals surface area contributed by atoms with Gasteiger partial charge in [-0.3, -0.25) is 9.36 Å². The molecule has 1 N–H and O–H groups in total. The number of carbonyl (C=O) groups is 1. The monoisotopic (exact) mass is 386 g/mol. The van der Waals surface area contributed by atoms with E-state index in [1.54, 1.807) is 6.20 Å². The molecule has 4 aliphatic rings. The first-order valence-electron chi connectivity index (χ1n) is 10.8. The largest absolute Gasteiger partial charge is 0.347 e. The highest BCUT2D eigenvalue weighted by molar-refractivity contribution is 6.07. The second-order valence-corrected chi connectivity index (χ2v) is 9.54. The van der Waals surface area contributed by atoms with Crippen LogP contribution in [0.4, 0.5) is 0 Å². The predicted molar refractivity (Wildman–Crippen MR) is 112 cm³/mol. The van der Waals surface area contributed by atoms with Crippen molar-refractivity contribution in [1.82, 2.24) is 19.9 Å². The van der Waals surface area contributed by atoms with Crippen LogP contribution < -0.4 is 5.32 Å². The molecular weight excluding hydrogens is 360 g/mol. The number of nitrogens with one attached hydrogen (secondary N) is 1. The Morgan fingerprint density at radius 1 is 1.10 bits per heavy atom. The van der Waals surface area contributed by atoms with Crippen LogP contribution in [0.5, 0.6) is 0 Å². The van der Waals surface area contributed by atoms with E-state index in [0.717, 1.165) is 65.1 Å².